The van der Waals surface area contributed by atoms with Crippen molar-refractivity contribution in [3.8, 4) is 0 Å². The monoisotopic (exact) mass is 421 g/mol. The molecule has 1 unspecified atom stereocenters. The van der Waals surface area contributed by atoms with Crippen LogP contribution < -0.4 is 4.90 Å². The van der Waals surface area contributed by atoms with Crippen LogP contribution in [-0.4, -0.2) is 40.5 Å². The van der Waals surface area contributed by atoms with Gasteiger partial charge in [-0.05, 0) is 86.8 Å². The van der Waals surface area contributed by atoms with Crippen LogP contribution in [0.3, 0.4) is 0 Å². The van der Waals surface area contributed by atoms with Gasteiger partial charge in [0.2, 0.25) is 11.9 Å². The van der Waals surface area contributed by atoms with E-state index in [-0.39, 0.29) is 17.5 Å². The summed E-state index contributed by atoms with van der Waals surface area (Å²) in [5.74, 6) is 1.40. The predicted molar refractivity (Wildman–Crippen MR) is 102 cm³/mol. The molecule has 1 saturated heterocycles. The van der Waals surface area contributed by atoms with Gasteiger partial charge in [0.15, 0.2) is 0 Å². The van der Waals surface area contributed by atoms with Crippen molar-refractivity contribution in [3.05, 3.63) is 22.2 Å². The van der Waals surface area contributed by atoms with E-state index in [2.05, 4.69) is 32.7 Å². The number of likely N-dealkylation sites (tertiary alicyclic amines) is 1. The number of anilines is 1. The first-order chi connectivity index (χ1) is 12.2. The van der Waals surface area contributed by atoms with Crippen LogP contribution in [-0.2, 0) is 10.2 Å². The minimum Gasteiger partial charge on any atom is -0.307 e. The van der Waals surface area contributed by atoms with E-state index in [0.717, 1.165) is 30.4 Å². The first-order valence-corrected chi connectivity index (χ1v) is 10.5. The Hall–Kier alpha value is -1.01. The highest BCUT2D eigenvalue weighted by molar-refractivity contribution is 9.10. The van der Waals surface area contributed by atoms with Crippen molar-refractivity contribution in [3.63, 3.8) is 0 Å². The molecule has 6 heteroatoms. The van der Waals surface area contributed by atoms with Gasteiger partial charge in [0.25, 0.3) is 0 Å². The summed E-state index contributed by atoms with van der Waals surface area (Å²) in [6, 6.07) is 1.92. The minimum absolute atomic E-state index is 0.0467. The van der Waals surface area contributed by atoms with Gasteiger partial charge in [-0.25, -0.2) is 4.98 Å². The van der Waals surface area contributed by atoms with E-state index in [1.807, 2.05) is 18.7 Å². The Balaban J connectivity index is 1.40. The first-order valence-electron chi connectivity index (χ1n) is 9.66. The number of hydrogen-bond donors (Lipinski definition) is 0. The molecule has 26 heavy (non-hydrogen) atoms. The molecule has 1 amide bonds. The highest BCUT2D eigenvalue weighted by Crippen LogP contribution is 2.52. The fraction of sp³-hybridized carbons (Fsp3) is 0.700. The quantitative estimate of drug-likeness (QED) is 0.679. The molecule has 2 atom stereocenters. The Morgan fingerprint density at radius 1 is 1.27 bits per heavy atom. The molecule has 1 aromatic rings. The maximum absolute atomic E-state index is 14.0. The molecular weight excluding hydrogens is 397 g/mol. The molecule has 0 N–H and O–H groups in total. The number of halogens is 2. The smallest absolute Gasteiger partial charge is 0.239 e. The van der Waals surface area contributed by atoms with Gasteiger partial charge < -0.3 is 4.90 Å². The van der Waals surface area contributed by atoms with Crippen LogP contribution in [0.4, 0.5) is 10.1 Å². The summed E-state index contributed by atoms with van der Waals surface area (Å²) in [7, 11) is 0. The van der Waals surface area contributed by atoms with Crippen molar-refractivity contribution < 1.29 is 9.18 Å². The summed E-state index contributed by atoms with van der Waals surface area (Å²) >= 11 is 3.24. The maximum atomic E-state index is 14.0. The molecule has 0 radical (unpaired) electrons. The van der Waals surface area contributed by atoms with E-state index in [0.29, 0.717) is 10.2 Å². The molecule has 2 aliphatic heterocycles. The van der Waals surface area contributed by atoms with Gasteiger partial charge in [-0.1, -0.05) is 0 Å². The fourth-order valence-corrected chi connectivity index (χ4v) is 5.75. The molecule has 0 spiro atoms. The normalized spacial score (nSPS) is 38.0. The van der Waals surface area contributed by atoms with Crippen molar-refractivity contribution in [1.82, 2.24) is 9.88 Å². The topological polar surface area (TPSA) is 36.4 Å². The third-order valence-electron chi connectivity index (χ3n) is 7.29. The summed E-state index contributed by atoms with van der Waals surface area (Å²) in [6.45, 7) is 8.47. The lowest BCUT2D eigenvalue weighted by Crippen LogP contribution is -2.64. The number of rotatable bonds is 2. The van der Waals surface area contributed by atoms with Crippen molar-refractivity contribution >= 4 is 27.5 Å². The van der Waals surface area contributed by atoms with Crippen LogP contribution in [0.2, 0.25) is 0 Å². The molecular formula is C20H25BrFN3O. The fourth-order valence-electron chi connectivity index (χ4n) is 5.44. The van der Waals surface area contributed by atoms with Crippen LogP contribution in [0.15, 0.2) is 10.5 Å². The molecule has 0 bridgehead atoms. The van der Waals surface area contributed by atoms with Crippen molar-refractivity contribution in [2.24, 2.45) is 11.8 Å². The van der Waals surface area contributed by atoms with Gasteiger partial charge in [0, 0.05) is 18.1 Å². The number of fused-ring (bicyclic) bond motifs is 2. The number of nitrogens with zero attached hydrogens (tertiary/aromatic N) is 3. The van der Waals surface area contributed by atoms with Crippen molar-refractivity contribution in [2.75, 3.05) is 18.0 Å². The number of hydrogen-bond acceptors (Lipinski definition) is 3. The van der Waals surface area contributed by atoms with E-state index in [4.69, 9.17) is 0 Å². The van der Waals surface area contributed by atoms with Gasteiger partial charge in [0.05, 0.1) is 21.3 Å². The van der Waals surface area contributed by atoms with Crippen LogP contribution in [0.25, 0.3) is 0 Å². The van der Waals surface area contributed by atoms with Crippen LogP contribution in [0.5, 0.6) is 0 Å². The molecule has 140 valence electrons. The first kappa shape index (κ1) is 17.1. The second kappa shape index (κ2) is 5.28. The highest BCUT2D eigenvalue weighted by atomic mass is 79.9. The summed E-state index contributed by atoms with van der Waals surface area (Å²) in [6.07, 6.45) is 4.72. The lowest BCUT2D eigenvalue weighted by Gasteiger charge is -2.55. The molecule has 4 aliphatic rings. The number of aromatic nitrogens is 1. The Kier molecular flexibility index (Phi) is 3.48. The maximum Gasteiger partial charge on any atom is 0.239 e. The Labute approximate surface area is 162 Å². The summed E-state index contributed by atoms with van der Waals surface area (Å²) < 4.78 is 14.3. The minimum atomic E-state index is -0.769. The SMILES string of the molecule is CC1(C)C(=O)N(C2CC(C)(N3CCC4C[C@@H]4C3)C2)c2cc(Br)c(F)nc21. The standard InChI is InChI=1S/C20H25BrFN3O/c1-19(2)16-15(7-14(21)17(22)23-16)25(18(19)26)13-8-20(3,9-13)24-5-4-11-6-12(11)10-24/h7,11-13H,4-6,8-10H2,1-3H3/t11?,12-,13?,20?/m1/s1. The van der Waals surface area contributed by atoms with E-state index in [1.165, 1.54) is 25.9 Å². The van der Waals surface area contributed by atoms with Gasteiger partial charge in [-0.15, -0.1) is 0 Å². The third-order valence-corrected chi connectivity index (χ3v) is 7.85. The Morgan fingerprint density at radius 3 is 2.69 bits per heavy atom. The Bertz CT molecular complexity index is 804. The zero-order valence-electron chi connectivity index (χ0n) is 15.6. The van der Waals surface area contributed by atoms with Crippen LogP contribution in [0.1, 0.15) is 52.1 Å². The summed E-state index contributed by atoms with van der Waals surface area (Å²) in [5.41, 5.74) is 0.766. The van der Waals surface area contributed by atoms with E-state index >= 15 is 0 Å². The van der Waals surface area contributed by atoms with Crippen LogP contribution >= 0.6 is 15.9 Å². The van der Waals surface area contributed by atoms with Gasteiger partial charge in [-0.2, -0.15) is 4.39 Å². The number of carbonyl (C=O) groups is 1. The van der Waals surface area contributed by atoms with Gasteiger partial charge >= 0.3 is 0 Å². The number of pyridine rings is 1. The van der Waals surface area contributed by atoms with Crippen molar-refractivity contribution in [2.45, 2.75) is 63.5 Å². The summed E-state index contributed by atoms with van der Waals surface area (Å²) in [4.78, 5) is 21.8. The molecule has 3 heterocycles. The third kappa shape index (κ3) is 2.27. The second-order valence-corrected chi connectivity index (χ2v) is 10.3. The lowest BCUT2D eigenvalue weighted by molar-refractivity contribution is -0.123. The number of carbonyl (C=O) groups excluding carboxylic acids is 1. The molecule has 0 aromatic carbocycles. The molecule has 5 rings (SSSR count). The number of piperidine rings is 1. The predicted octanol–water partition coefficient (Wildman–Crippen LogP) is 3.87. The zero-order chi connectivity index (χ0) is 18.4. The van der Waals surface area contributed by atoms with Crippen LogP contribution in [0, 0.1) is 17.8 Å². The average Bonchev–Trinajstić information content (AvgIpc) is 3.30. The van der Waals surface area contributed by atoms with Gasteiger partial charge in [-0.3, -0.25) is 9.69 Å². The highest BCUT2D eigenvalue weighted by Gasteiger charge is 2.56. The van der Waals surface area contributed by atoms with E-state index in [1.54, 1.807) is 6.07 Å². The molecule has 3 fully saturated rings. The molecule has 1 aromatic heterocycles. The lowest BCUT2D eigenvalue weighted by atomic mass is 9.71. The van der Waals surface area contributed by atoms with Crippen molar-refractivity contribution in [1.29, 1.82) is 0 Å². The van der Waals surface area contributed by atoms with E-state index < -0.39 is 11.4 Å². The van der Waals surface area contributed by atoms with E-state index in [9.17, 15) is 9.18 Å². The van der Waals surface area contributed by atoms with Gasteiger partial charge in [0.1, 0.15) is 0 Å². The molecule has 2 saturated carbocycles. The molecule has 2 aliphatic carbocycles. The molecule has 4 nitrogen and oxygen atoms in total. The number of amides is 1. The largest absolute Gasteiger partial charge is 0.307 e. The Morgan fingerprint density at radius 2 is 2.00 bits per heavy atom. The average molecular weight is 422 g/mol. The summed E-state index contributed by atoms with van der Waals surface area (Å²) in [5, 5.41) is 0. The second-order valence-electron chi connectivity index (χ2n) is 9.48. The zero-order valence-corrected chi connectivity index (χ0v) is 17.1.